The van der Waals surface area contributed by atoms with Crippen LogP contribution < -0.4 is 10.9 Å². The van der Waals surface area contributed by atoms with Crippen LogP contribution in [0.2, 0.25) is 5.02 Å². The fourth-order valence-electron chi connectivity index (χ4n) is 3.50. The van der Waals surface area contributed by atoms with E-state index in [0.29, 0.717) is 28.8 Å². The van der Waals surface area contributed by atoms with Crippen molar-refractivity contribution in [2.45, 2.75) is 44.7 Å². The van der Waals surface area contributed by atoms with E-state index in [-0.39, 0.29) is 5.56 Å². The summed E-state index contributed by atoms with van der Waals surface area (Å²) in [5, 5.41) is 6.76. The maximum atomic E-state index is 12.7. The van der Waals surface area contributed by atoms with Gasteiger partial charge in [-0.05, 0) is 18.9 Å². The molecule has 1 aliphatic rings. The van der Waals surface area contributed by atoms with E-state index >= 15 is 0 Å². The van der Waals surface area contributed by atoms with Gasteiger partial charge in [-0.3, -0.25) is 4.79 Å². The van der Waals surface area contributed by atoms with Crippen LogP contribution in [0.15, 0.2) is 34.4 Å². The summed E-state index contributed by atoms with van der Waals surface area (Å²) in [6.07, 6.45) is 6.32. The molecule has 0 bridgehead atoms. The Kier molecular flexibility index (Phi) is 4.88. The van der Waals surface area contributed by atoms with E-state index in [1.807, 2.05) is 29.6 Å². The first kappa shape index (κ1) is 16.8. The van der Waals surface area contributed by atoms with E-state index in [4.69, 9.17) is 11.6 Å². The van der Waals surface area contributed by atoms with Crippen LogP contribution in [-0.4, -0.2) is 16.0 Å². The van der Waals surface area contributed by atoms with Crippen molar-refractivity contribution in [1.29, 1.82) is 0 Å². The number of H-pyrrole nitrogens is 1. The zero-order valence-corrected chi connectivity index (χ0v) is 15.4. The van der Waals surface area contributed by atoms with Crippen LogP contribution in [0.3, 0.4) is 0 Å². The fourth-order valence-corrected chi connectivity index (χ4v) is 4.70. The normalized spacial score (nSPS) is 15.7. The molecule has 1 fully saturated rings. The van der Waals surface area contributed by atoms with Crippen molar-refractivity contribution < 1.29 is 0 Å². The Labute approximate surface area is 155 Å². The van der Waals surface area contributed by atoms with Crippen LogP contribution in [0.5, 0.6) is 0 Å². The Balaban J connectivity index is 1.63. The molecular formula is C19H20ClN3OS. The highest BCUT2D eigenvalue weighted by atomic mass is 35.5. The summed E-state index contributed by atoms with van der Waals surface area (Å²) < 4.78 is 0. The molecule has 6 heteroatoms. The number of thiophene rings is 1. The van der Waals surface area contributed by atoms with E-state index in [0.717, 1.165) is 16.0 Å². The molecule has 2 aromatic heterocycles. The van der Waals surface area contributed by atoms with Gasteiger partial charge in [-0.2, -0.15) is 0 Å². The van der Waals surface area contributed by atoms with Crippen molar-refractivity contribution in [3.8, 4) is 11.1 Å². The van der Waals surface area contributed by atoms with Crippen LogP contribution in [0, 0.1) is 0 Å². The lowest BCUT2D eigenvalue weighted by molar-refractivity contribution is 0.369. The van der Waals surface area contributed by atoms with Crippen LogP contribution in [0.4, 0.5) is 0 Å². The van der Waals surface area contributed by atoms with Crippen molar-refractivity contribution in [2.24, 2.45) is 0 Å². The summed E-state index contributed by atoms with van der Waals surface area (Å²) in [6.45, 7) is 0.606. The third-order valence-corrected chi connectivity index (χ3v) is 6.02. The van der Waals surface area contributed by atoms with Crippen LogP contribution in [-0.2, 0) is 6.54 Å². The molecule has 3 aromatic rings. The summed E-state index contributed by atoms with van der Waals surface area (Å²) in [7, 11) is 0. The minimum atomic E-state index is -0.0957. The number of halogens is 1. The zero-order chi connectivity index (χ0) is 17.2. The van der Waals surface area contributed by atoms with Gasteiger partial charge in [-0.15, -0.1) is 11.3 Å². The van der Waals surface area contributed by atoms with Gasteiger partial charge in [0.25, 0.3) is 5.56 Å². The van der Waals surface area contributed by atoms with Crippen LogP contribution >= 0.6 is 22.9 Å². The molecule has 2 heterocycles. The number of aromatic amines is 1. The first-order chi connectivity index (χ1) is 12.2. The Morgan fingerprint density at radius 1 is 1.20 bits per heavy atom. The van der Waals surface area contributed by atoms with Crippen molar-refractivity contribution in [1.82, 2.24) is 15.3 Å². The third kappa shape index (κ3) is 3.50. The number of nitrogens with one attached hydrogen (secondary N) is 2. The Morgan fingerprint density at radius 2 is 2.00 bits per heavy atom. The topological polar surface area (TPSA) is 57.8 Å². The molecule has 0 unspecified atom stereocenters. The summed E-state index contributed by atoms with van der Waals surface area (Å²) in [4.78, 5) is 21.0. The highest BCUT2D eigenvalue weighted by Crippen LogP contribution is 2.34. The van der Waals surface area contributed by atoms with Gasteiger partial charge in [0, 0.05) is 27.6 Å². The number of nitrogens with zero attached hydrogens (tertiary/aromatic N) is 1. The minimum absolute atomic E-state index is 0.0957. The average Bonchev–Trinajstić information content (AvgIpc) is 3.06. The van der Waals surface area contributed by atoms with Gasteiger partial charge < -0.3 is 10.3 Å². The predicted molar refractivity (Wildman–Crippen MR) is 104 cm³/mol. The largest absolute Gasteiger partial charge is 0.309 e. The summed E-state index contributed by atoms with van der Waals surface area (Å²) >= 11 is 7.79. The Morgan fingerprint density at radius 3 is 2.80 bits per heavy atom. The number of hydrogen-bond acceptors (Lipinski definition) is 4. The zero-order valence-electron chi connectivity index (χ0n) is 13.8. The first-order valence-electron chi connectivity index (χ1n) is 8.71. The molecule has 0 aliphatic heterocycles. The number of rotatable bonds is 4. The highest BCUT2D eigenvalue weighted by molar-refractivity contribution is 7.17. The average molecular weight is 374 g/mol. The second-order valence-electron chi connectivity index (χ2n) is 6.54. The van der Waals surface area contributed by atoms with Crippen molar-refractivity contribution in [3.05, 3.63) is 50.8 Å². The number of benzene rings is 1. The number of fused-ring (bicyclic) bond motifs is 1. The molecule has 0 amide bonds. The van der Waals surface area contributed by atoms with Gasteiger partial charge in [0.2, 0.25) is 0 Å². The molecule has 1 aromatic carbocycles. The van der Waals surface area contributed by atoms with E-state index in [2.05, 4.69) is 15.3 Å². The molecule has 2 N–H and O–H groups in total. The summed E-state index contributed by atoms with van der Waals surface area (Å²) in [5.74, 6) is 0.704. The molecular weight excluding hydrogens is 354 g/mol. The maximum absolute atomic E-state index is 12.7. The standard InChI is InChI=1S/C19H20ClN3OS/c20-15-9-5-4-8-13(15)14-11-25-19-17(14)18(24)22-16(23-19)10-21-12-6-2-1-3-7-12/h4-5,8-9,11-12,21H,1-3,6-7,10H2,(H,22,23,24). The molecule has 0 radical (unpaired) electrons. The van der Waals surface area contributed by atoms with Gasteiger partial charge in [0.1, 0.15) is 10.7 Å². The smallest absolute Gasteiger partial charge is 0.260 e. The lowest BCUT2D eigenvalue weighted by Gasteiger charge is -2.22. The molecule has 0 atom stereocenters. The SMILES string of the molecule is O=c1[nH]c(CNC2CCCCC2)nc2scc(-c3ccccc3Cl)c12. The number of hydrogen-bond donors (Lipinski definition) is 2. The maximum Gasteiger partial charge on any atom is 0.260 e. The van der Waals surface area contributed by atoms with Crippen LogP contribution in [0.25, 0.3) is 21.3 Å². The molecule has 0 spiro atoms. The summed E-state index contributed by atoms with van der Waals surface area (Å²) in [5.41, 5.74) is 1.63. The quantitative estimate of drug-likeness (QED) is 0.695. The summed E-state index contributed by atoms with van der Waals surface area (Å²) in [6, 6.07) is 8.12. The fraction of sp³-hybridized carbons (Fsp3) is 0.368. The van der Waals surface area contributed by atoms with Crippen molar-refractivity contribution in [3.63, 3.8) is 0 Å². The molecule has 1 saturated carbocycles. The molecule has 0 saturated heterocycles. The van der Waals surface area contributed by atoms with E-state index in [1.54, 1.807) is 0 Å². The molecule has 130 valence electrons. The van der Waals surface area contributed by atoms with E-state index in [1.165, 1.54) is 43.4 Å². The van der Waals surface area contributed by atoms with E-state index < -0.39 is 0 Å². The molecule has 25 heavy (non-hydrogen) atoms. The lowest BCUT2D eigenvalue weighted by atomic mass is 9.95. The Bertz CT molecular complexity index is 943. The van der Waals surface area contributed by atoms with Gasteiger partial charge in [-0.25, -0.2) is 4.98 Å². The van der Waals surface area contributed by atoms with Gasteiger partial charge >= 0.3 is 0 Å². The Hall–Kier alpha value is -1.69. The number of aromatic nitrogens is 2. The first-order valence-corrected chi connectivity index (χ1v) is 9.97. The predicted octanol–water partition coefficient (Wildman–Crippen LogP) is 4.73. The van der Waals surface area contributed by atoms with Crippen molar-refractivity contribution in [2.75, 3.05) is 0 Å². The van der Waals surface area contributed by atoms with Gasteiger partial charge in [-0.1, -0.05) is 49.1 Å². The van der Waals surface area contributed by atoms with Crippen LogP contribution in [0.1, 0.15) is 37.9 Å². The molecule has 4 nitrogen and oxygen atoms in total. The molecule has 4 rings (SSSR count). The third-order valence-electron chi connectivity index (χ3n) is 4.82. The second-order valence-corrected chi connectivity index (χ2v) is 7.80. The minimum Gasteiger partial charge on any atom is -0.309 e. The van der Waals surface area contributed by atoms with Gasteiger partial charge in [0.15, 0.2) is 0 Å². The molecule has 1 aliphatic carbocycles. The lowest BCUT2D eigenvalue weighted by Crippen LogP contribution is -2.31. The van der Waals surface area contributed by atoms with Gasteiger partial charge in [0.05, 0.1) is 11.9 Å². The van der Waals surface area contributed by atoms with Crippen molar-refractivity contribution >= 4 is 33.2 Å². The monoisotopic (exact) mass is 373 g/mol. The second kappa shape index (κ2) is 7.28. The van der Waals surface area contributed by atoms with E-state index in [9.17, 15) is 4.79 Å². The highest BCUT2D eigenvalue weighted by Gasteiger charge is 2.16.